The third-order valence-electron chi connectivity index (χ3n) is 8.94. The van der Waals surface area contributed by atoms with E-state index in [-0.39, 0.29) is 41.7 Å². The van der Waals surface area contributed by atoms with Crippen molar-refractivity contribution in [3.05, 3.63) is 64.4 Å². The highest BCUT2D eigenvalue weighted by molar-refractivity contribution is 6.31. The highest BCUT2D eigenvalue weighted by Gasteiger charge is 2.51. The van der Waals surface area contributed by atoms with Crippen molar-refractivity contribution in [3.8, 4) is 0 Å². The van der Waals surface area contributed by atoms with Crippen molar-refractivity contribution in [2.24, 2.45) is 11.3 Å². The molecule has 4 amide bonds. The molecule has 11 heteroatoms. The Labute approximate surface area is 270 Å². The molecule has 1 aliphatic rings. The first-order valence-electron chi connectivity index (χ1n) is 15.7. The summed E-state index contributed by atoms with van der Waals surface area (Å²) in [6, 6.07) is 11.9. The number of methoxy groups -OCH3 is 1. The number of hydrogen-bond donors (Lipinski definition) is 5. The zero-order chi connectivity index (χ0) is 32.9. The molecule has 0 bridgehead atoms. The number of amides is 4. The Bertz CT molecular complexity index is 1520. The number of carbonyl (C=O) groups excluding carboxylic acids is 3. The molecule has 0 spiro atoms. The normalized spacial score (nSPS) is 17.2. The number of ether oxygens (including phenoxy) is 1. The molecule has 1 heterocycles. The molecule has 1 aliphatic carbocycles. The molecule has 1 saturated carbocycles. The molecule has 1 fully saturated rings. The molecule has 10 nitrogen and oxygen atoms in total. The average Bonchev–Trinajstić information content (AvgIpc) is 3.58. The number of benzene rings is 2. The van der Waals surface area contributed by atoms with Gasteiger partial charge in [0.1, 0.15) is 11.9 Å². The van der Waals surface area contributed by atoms with Crippen LogP contribution in [0.1, 0.15) is 83.3 Å². The highest BCUT2D eigenvalue weighted by atomic mass is 35.5. The van der Waals surface area contributed by atoms with Gasteiger partial charge < -0.3 is 31.0 Å². The van der Waals surface area contributed by atoms with Crippen LogP contribution >= 0.6 is 11.6 Å². The number of H-pyrrole nitrogens is 1. The summed E-state index contributed by atoms with van der Waals surface area (Å²) in [4.78, 5) is 48.0. The molecule has 0 radical (unpaired) electrons. The largest absolute Gasteiger partial charge is 0.383 e. The molecular weight excluding hydrogens is 592 g/mol. The van der Waals surface area contributed by atoms with Crippen LogP contribution in [0.3, 0.4) is 0 Å². The summed E-state index contributed by atoms with van der Waals surface area (Å²) < 4.78 is 5.54. The first kappa shape index (κ1) is 34.2. The summed E-state index contributed by atoms with van der Waals surface area (Å²) in [7, 11) is 1.55. The zero-order valence-corrected chi connectivity index (χ0v) is 28.1. The number of nitrogens with zero attached hydrogens (tertiary/aromatic N) is 1. The van der Waals surface area contributed by atoms with Gasteiger partial charge in [-0.15, -0.1) is 0 Å². The van der Waals surface area contributed by atoms with Gasteiger partial charge in [0.2, 0.25) is 11.8 Å². The minimum Gasteiger partial charge on any atom is -0.383 e. The molecule has 1 unspecified atom stereocenters. The maximum Gasteiger partial charge on any atom is 0.315 e. The lowest BCUT2D eigenvalue weighted by Crippen LogP contribution is -2.55. The van der Waals surface area contributed by atoms with Gasteiger partial charge >= 0.3 is 6.03 Å². The molecule has 4 atom stereocenters. The Balaban J connectivity index is 1.76. The molecule has 2 aromatic carbocycles. The summed E-state index contributed by atoms with van der Waals surface area (Å²) >= 11 is 6.75. The highest BCUT2D eigenvalue weighted by Crippen LogP contribution is 2.60. The number of nitrogens with one attached hydrogen (secondary N) is 5. The first-order valence-corrected chi connectivity index (χ1v) is 16.1. The lowest BCUT2D eigenvalue weighted by molar-refractivity contribution is -0.134. The number of aromatic nitrogens is 2. The van der Waals surface area contributed by atoms with Gasteiger partial charge in [-0.1, -0.05) is 56.6 Å². The second kappa shape index (κ2) is 14.2. The fraction of sp³-hybridized carbons (Fsp3) is 0.529. The summed E-state index contributed by atoms with van der Waals surface area (Å²) in [5.41, 5.74) is 1.88. The minimum atomic E-state index is -1.10. The van der Waals surface area contributed by atoms with E-state index in [1.165, 1.54) is 0 Å². The predicted octanol–water partition coefficient (Wildman–Crippen LogP) is 5.34. The van der Waals surface area contributed by atoms with Crippen LogP contribution in [0.25, 0.3) is 11.0 Å². The fourth-order valence-electron chi connectivity index (χ4n) is 6.06. The number of likely N-dealkylation sites (N-methyl/N-ethyl adjacent to an activating group) is 1. The number of fused-ring (bicyclic) bond motifs is 1. The molecule has 1 aromatic heterocycles. The maximum absolute atomic E-state index is 13.8. The van der Waals surface area contributed by atoms with Gasteiger partial charge in [-0.25, -0.2) is 9.78 Å². The van der Waals surface area contributed by atoms with Crippen molar-refractivity contribution in [1.29, 1.82) is 0 Å². The van der Waals surface area contributed by atoms with E-state index >= 15 is 0 Å². The summed E-state index contributed by atoms with van der Waals surface area (Å²) in [6.45, 7) is 12.6. The van der Waals surface area contributed by atoms with E-state index in [0.717, 1.165) is 18.4 Å². The van der Waals surface area contributed by atoms with Crippen LogP contribution in [0.2, 0.25) is 5.02 Å². The van der Waals surface area contributed by atoms with Crippen LogP contribution in [0.5, 0.6) is 0 Å². The lowest BCUT2D eigenvalue weighted by atomic mass is 9.78. The number of imidazole rings is 1. The van der Waals surface area contributed by atoms with Crippen molar-refractivity contribution in [2.45, 2.75) is 77.8 Å². The van der Waals surface area contributed by atoms with E-state index < -0.39 is 17.5 Å². The van der Waals surface area contributed by atoms with E-state index in [2.05, 4.69) is 33.2 Å². The predicted molar refractivity (Wildman–Crippen MR) is 177 cm³/mol. The number of carbonyl (C=O) groups is 3. The summed E-state index contributed by atoms with van der Waals surface area (Å²) in [5.74, 6) is -0.193. The topological polar surface area (TPSA) is 137 Å². The standard InChI is InChI=1S/C34H47ClN6O4/c1-8-36-30(42)27(20(3)4)40-31(43)34(6,19-45-7)21-14-15-24-25(18-21)39-29(38-24)28(41-32(44)37-9-2)26(33(5)16-17-33)22-12-10-11-13-23(22)35/h10-15,18,20,26-28H,8-9,16-17,19H2,1-7H3,(H,36,42)(H,38,39)(H,40,43)(H2,37,41,44)/t26-,27+,28-,34?/m0/s1. The Morgan fingerprint density at radius 1 is 1.07 bits per heavy atom. The molecular formula is C34H47ClN6O4. The smallest absolute Gasteiger partial charge is 0.315 e. The van der Waals surface area contributed by atoms with Crippen LogP contribution in [0.4, 0.5) is 4.79 Å². The van der Waals surface area contributed by atoms with E-state index in [0.29, 0.717) is 40.5 Å². The van der Waals surface area contributed by atoms with Gasteiger partial charge in [0, 0.05) is 31.1 Å². The Morgan fingerprint density at radius 3 is 2.36 bits per heavy atom. The number of hydrogen-bond acceptors (Lipinski definition) is 5. The van der Waals surface area contributed by atoms with Gasteiger partial charge in [0.25, 0.3) is 0 Å². The minimum absolute atomic E-state index is 0.0779. The number of urea groups is 1. The number of aromatic amines is 1. The van der Waals surface area contributed by atoms with Crippen LogP contribution in [0.15, 0.2) is 42.5 Å². The van der Waals surface area contributed by atoms with Crippen molar-refractivity contribution >= 4 is 40.5 Å². The molecule has 0 aliphatic heterocycles. The Hall–Kier alpha value is -3.63. The van der Waals surface area contributed by atoms with Crippen LogP contribution < -0.4 is 21.3 Å². The van der Waals surface area contributed by atoms with Gasteiger partial charge in [-0.05, 0) is 74.3 Å². The SMILES string of the molecule is CCNC(=O)N[C@H](c1nc2ccc(C(C)(COC)C(=O)N[C@@H](C(=O)NCC)C(C)C)cc2[nH]1)[C@H](c1ccccc1Cl)C1(C)CC1. The summed E-state index contributed by atoms with van der Waals surface area (Å²) in [6.07, 6.45) is 2.00. The Kier molecular flexibility index (Phi) is 10.8. The van der Waals surface area contributed by atoms with E-state index in [9.17, 15) is 14.4 Å². The van der Waals surface area contributed by atoms with Gasteiger partial charge in [-0.2, -0.15) is 0 Å². The molecule has 4 rings (SSSR count). The quantitative estimate of drug-likeness (QED) is 0.162. The lowest BCUT2D eigenvalue weighted by Gasteiger charge is -2.32. The first-order chi connectivity index (χ1) is 21.4. The maximum atomic E-state index is 13.8. The van der Waals surface area contributed by atoms with Crippen LogP contribution in [-0.4, -0.2) is 60.7 Å². The molecule has 244 valence electrons. The molecule has 3 aromatic rings. The zero-order valence-electron chi connectivity index (χ0n) is 27.3. The third kappa shape index (κ3) is 7.44. The van der Waals surface area contributed by atoms with Crippen molar-refractivity contribution in [2.75, 3.05) is 26.8 Å². The van der Waals surface area contributed by atoms with Gasteiger partial charge in [0.05, 0.1) is 29.1 Å². The van der Waals surface area contributed by atoms with E-state index in [1.807, 2.05) is 70.2 Å². The second-order valence-corrected chi connectivity index (χ2v) is 13.3. The van der Waals surface area contributed by atoms with Gasteiger partial charge in [0.15, 0.2) is 0 Å². The van der Waals surface area contributed by atoms with Gasteiger partial charge in [-0.3, -0.25) is 9.59 Å². The van der Waals surface area contributed by atoms with Crippen molar-refractivity contribution in [1.82, 2.24) is 31.2 Å². The van der Waals surface area contributed by atoms with E-state index in [1.54, 1.807) is 14.0 Å². The van der Waals surface area contributed by atoms with Crippen LogP contribution in [0, 0.1) is 11.3 Å². The number of halogens is 1. The summed E-state index contributed by atoms with van der Waals surface area (Å²) in [5, 5.41) is 12.5. The molecule has 0 saturated heterocycles. The van der Waals surface area contributed by atoms with E-state index in [4.69, 9.17) is 21.3 Å². The van der Waals surface area contributed by atoms with Crippen molar-refractivity contribution < 1.29 is 19.1 Å². The number of rotatable bonds is 14. The fourth-order valence-corrected chi connectivity index (χ4v) is 6.32. The third-order valence-corrected chi connectivity index (χ3v) is 9.28. The Morgan fingerprint density at radius 2 is 1.76 bits per heavy atom. The average molecular weight is 639 g/mol. The molecule has 5 N–H and O–H groups in total. The van der Waals surface area contributed by atoms with Crippen molar-refractivity contribution in [3.63, 3.8) is 0 Å². The second-order valence-electron chi connectivity index (χ2n) is 12.8. The molecule has 45 heavy (non-hydrogen) atoms. The van der Waals surface area contributed by atoms with Crippen LogP contribution in [-0.2, 0) is 19.7 Å². The monoisotopic (exact) mass is 638 g/mol.